The molecule has 2 N–H and O–H groups in total. The highest BCUT2D eigenvalue weighted by molar-refractivity contribution is 7.32. The topological polar surface area (TPSA) is 93.1 Å². The summed E-state index contributed by atoms with van der Waals surface area (Å²) in [5.74, 6) is -0.276. The van der Waals surface area contributed by atoms with Gasteiger partial charge in [-0.2, -0.15) is 0 Å². The zero-order valence-corrected chi connectivity index (χ0v) is 8.37. The van der Waals surface area contributed by atoms with E-state index < -0.39 is 22.8 Å². The zero-order chi connectivity index (χ0) is 9.72. The summed E-state index contributed by atoms with van der Waals surface area (Å²) in [4.78, 5) is 16.6. The fourth-order valence-electron chi connectivity index (χ4n) is 0.440. The largest absolute Gasteiger partial charge is 0.697 e. The van der Waals surface area contributed by atoms with Crippen molar-refractivity contribution < 1.29 is 28.0 Å². The van der Waals surface area contributed by atoms with Crippen LogP contribution in [0.2, 0.25) is 0 Å². The molecule has 0 aliphatic rings. The summed E-state index contributed by atoms with van der Waals surface area (Å²) in [7, 11) is -5.64. The van der Waals surface area contributed by atoms with Crippen LogP contribution in [-0.4, -0.2) is 16.1 Å². The molecule has 6 nitrogen and oxygen atoms in total. The van der Waals surface area contributed by atoms with Crippen LogP contribution in [-0.2, 0) is 18.2 Å². The summed E-state index contributed by atoms with van der Waals surface area (Å²) in [6.45, 7) is 3.25. The molecule has 0 radical (unpaired) electrons. The average molecular weight is 216 g/mol. The van der Waals surface area contributed by atoms with Gasteiger partial charge >= 0.3 is 16.5 Å². The lowest BCUT2D eigenvalue weighted by atomic mass is 10.2. The van der Waals surface area contributed by atoms with E-state index in [0.717, 1.165) is 0 Å². The van der Waals surface area contributed by atoms with E-state index in [1.165, 1.54) is 0 Å². The molecule has 0 saturated carbocycles. The van der Waals surface area contributed by atoms with Gasteiger partial charge in [-0.05, 0) is 0 Å². The van der Waals surface area contributed by atoms with Crippen LogP contribution in [0.5, 0.6) is 0 Å². The first-order chi connectivity index (χ1) is 5.43. The maximum Gasteiger partial charge on any atom is 0.697 e. The summed E-state index contributed by atoms with van der Waals surface area (Å²) in [6.07, 6.45) is -1.13. The number of hydrogen-bond acceptors (Lipinski definition) is 4. The molecule has 8 heteroatoms. The van der Waals surface area contributed by atoms with Gasteiger partial charge < -0.3 is 0 Å². The van der Waals surface area contributed by atoms with Gasteiger partial charge in [-0.25, -0.2) is 0 Å². The lowest BCUT2D eigenvalue weighted by Gasteiger charge is -2.05. The van der Waals surface area contributed by atoms with Crippen LogP contribution in [0, 0.1) is 5.92 Å². The van der Waals surface area contributed by atoms with Gasteiger partial charge in [-0.15, -0.1) is 9.79 Å². The van der Waals surface area contributed by atoms with E-state index >= 15 is 0 Å². The van der Waals surface area contributed by atoms with Crippen LogP contribution in [0.15, 0.2) is 0 Å². The smallest absolute Gasteiger partial charge is 0.133 e. The molecule has 0 amide bonds. The van der Waals surface area contributed by atoms with Gasteiger partial charge in [0.1, 0.15) is 0 Å². The normalized spacial score (nSPS) is 16.1. The minimum absolute atomic E-state index is 0.276. The maximum absolute atomic E-state index is 10.2. The molecule has 0 heterocycles. The van der Waals surface area contributed by atoms with Crippen LogP contribution in [0.3, 0.4) is 0 Å². The van der Waals surface area contributed by atoms with Crippen LogP contribution in [0.25, 0.3) is 0 Å². The minimum Gasteiger partial charge on any atom is -0.133 e. The van der Waals surface area contributed by atoms with E-state index in [0.29, 0.717) is 0 Å². The van der Waals surface area contributed by atoms with Crippen molar-refractivity contribution in [3.8, 4) is 0 Å². The SMILES string of the molecule is CC(C)C(O[P+](=O)O)O[P+](=O)O. The summed E-state index contributed by atoms with van der Waals surface area (Å²) in [6, 6.07) is 0. The van der Waals surface area contributed by atoms with Crippen molar-refractivity contribution >= 4 is 16.5 Å². The first kappa shape index (κ1) is 12.0. The van der Waals surface area contributed by atoms with Crippen molar-refractivity contribution in [3.63, 3.8) is 0 Å². The third kappa shape index (κ3) is 5.66. The summed E-state index contributed by atoms with van der Waals surface area (Å²) in [5.41, 5.74) is 0. The molecule has 2 unspecified atom stereocenters. The van der Waals surface area contributed by atoms with Crippen LogP contribution >= 0.6 is 16.5 Å². The molecule has 12 heavy (non-hydrogen) atoms. The van der Waals surface area contributed by atoms with Gasteiger partial charge in [0.05, 0.1) is 0 Å². The Hall–Kier alpha value is 0.0400. The van der Waals surface area contributed by atoms with E-state index in [-0.39, 0.29) is 5.92 Å². The predicted octanol–water partition coefficient (Wildman–Crippen LogP) is 1.30. The highest BCUT2D eigenvalue weighted by Gasteiger charge is 2.34. The quantitative estimate of drug-likeness (QED) is 0.531. The molecule has 0 aromatic carbocycles. The molecule has 0 aliphatic heterocycles. The average Bonchev–Trinajstić information content (AvgIpc) is 1.83. The maximum atomic E-state index is 10.2. The Morgan fingerprint density at radius 2 is 1.42 bits per heavy atom. The van der Waals surface area contributed by atoms with Gasteiger partial charge in [-0.3, -0.25) is 0 Å². The molecule has 0 spiro atoms. The molecule has 0 aromatic rings. The van der Waals surface area contributed by atoms with Gasteiger partial charge in [0, 0.05) is 15.0 Å². The van der Waals surface area contributed by atoms with Crippen molar-refractivity contribution in [1.29, 1.82) is 0 Å². The highest BCUT2D eigenvalue weighted by atomic mass is 31.1. The molecular formula is C4H10O6P2+2. The molecule has 2 atom stereocenters. The summed E-state index contributed by atoms with van der Waals surface area (Å²) in [5, 5.41) is 0. The second kappa shape index (κ2) is 5.65. The Balaban J connectivity index is 4.04. The molecule has 0 aliphatic carbocycles. The van der Waals surface area contributed by atoms with Crippen molar-refractivity contribution in [1.82, 2.24) is 0 Å². The molecule has 0 fully saturated rings. The Morgan fingerprint density at radius 3 is 1.58 bits per heavy atom. The number of rotatable bonds is 5. The van der Waals surface area contributed by atoms with E-state index in [9.17, 15) is 9.13 Å². The second-order valence-electron chi connectivity index (χ2n) is 2.30. The third-order valence-corrected chi connectivity index (χ3v) is 1.71. The standard InChI is InChI=1S/C4H8O6P2/c1-3(2)4(9-11(5)6)10-12(7)8/h3-4H,1-2H3/p+2. The fourth-order valence-corrected chi connectivity index (χ4v) is 1.44. The van der Waals surface area contributed by atoms with Gasteiger partial charge in [0.15, 0.2) is 0 Å². The molecule has 0 rings (SSSR count). The molecule has 0 saturated heterocycles. The van der Waals surface area contributed by atoms with Gasteiger partial charge in [-0.1, -0.05) is 22.9 Å². The fraction of sp³-hybridized carbons (Fsp3) is 1.00. The van der Waals surface area contributed by atoms with Gasteiger partial charge in [0.2, 0.25) is 0 Å². The van der Waals surface area contributed by atoms with Gasteiger partial charge in [0.25, 0.3) is 6.29 Å². The lowest BCUT2D eigenvalue weighted by Crippen LogP contribution is -2.17. The van der Waals surface area contributed by atoms with Crippen LogP contribution in [0.4, 0.5) is 0 Å². The van der Waals surface area contributed by atoms with Crippen molar-refractivity contribution in [2.45, 2.75) is 20.1 Å². The van der Waals surface area contributed by atoms with Crippen LogP contribution < -0.4 is 0 Å². The second-order valence-corrected chi connectivity index (χ2v) is 3.67. The molecule has 70 valence electrons. The summed E-state index contributed by atoms with van der Waals surface area (Å²) < 4.78 is 29.0. The Bertz CT molecular complexity index is 164. The minimum atomic E-state index is -2.82. The lowest BCUT2D eigenvalue weighted by molar-refractivity contribution is -0.0320. The Kier molecular flexibility index (Phi) is 5.66. The molecule has 0 aromatic heterocycles. The molecule has 0 bridgehead atoms. The first-order valence-corrected chi connectivity index (χ1v) is 5.35. The van der Waals surface area contributed by atoms with E-state index in [1.54, 1.807) is 13.8 Å². The van der Waals surface area contributed by atoms with Crippen molar-refractivity contribution in [3.05, 3.63) is 0 Å². The third-order valence-electron chi connectivity index (χ3n) is 0.932. The van der Waals surface area contributed by atoms with E-state index in [2.05, 4.69) is 9.05 Å². The Morgan fingerprint density at radius 1 is 1.08 bits per heavy atom. The van der Waals surface area contributed by atoms with Crippen molar-refractivity contribution in [2.75, 3.05) is 0 Å². The Labute approximate surface area is 71.4 Å². The monoisotopic (exact) mass is 216 g/mol. The highest BCUT2D eigenvalue weighted by Crippen LogP contribution is 2.29. The van der Waals surface area contributed by atoms with Crippen molar-refractivity contribution in [2.24, 2.45) is 5.92 Å². The molecular weight excluding hydrogens is 206 g/mol. The van der Waals surface area contributed by atoms with Crippen LogP contribution in [0.1, 0.15) is 13.8 Å². The van der Waals surface area contributed by atoms with E-state index in [4.69, 9.17) is 9.79 Å². The van der Waals surface area contributed by atoms with E-state index in [1.807, 2.05) is 0 Å². The zero-order valence-electron chi connectivity index (χ0n) is 6.58. The first-order valence-electron chi connectivity index (χ1n) is 3.09. The number of hydrogen-bond donors (Lipinski definition) is 2. The summed E-state index contributed by atoms with van der Waals surface area (Å²) >= 11 is 0. The predicted molar refractivity (Wildman–Crippen MR) is 40.4 cm³/mol.